The minimum Gasteiger partial charge on any atom is -0.283 e. The quantitative estimate of drug-likeness (QED) is 0.787. The van der Waals surface area contributed by atoms with Crippen LogP contribution in [0.4, 0.5) is 0 Å². The van der Waals surface area contributed by atoms with Crippen LogP contribution in [0.3, 0.4) is 0 Å². The average Bonchev–Trinajstić information content (AvgIpc) is 2.85. The van der Waals surface area contributed by atoms with Crippen molar-refractivity contribution in [3.05, 3.63) is 12.3 Å². The summed E-state index contributed by atoms with van der Waals surface area (Å²) in [5.41, 5.74) is 0. The summed E-state index contributed by atoms with van der Waals surface area (Å²) >= 11 is 0. The van der Waals surface area contributed by atoms with Gasteiger partial charge in [0.15, 0.2) is 5.03 Å². The molecule has 1 fully saturated rings. The third kappa shape index (κ3) is 2.42. The molecular formula is C9H15N3O3S. The molecule has 1 aliphatic rings. The molecule has 0 saturated heterocycles. The first-order valence-electron chi connectivity index (χ1n) is 5.25. The third-order valence-electron chi connectivity index (χ3n) is 2.68. The average molecular weight is 245 g/mol. The van der Waals surface area contributed by atoms with E-state index in [2.05, 4.69) is 9.98 Å². The van der Waals surface area contributed by atoms with Crippen LogP contribution in [0, 0.1) is 0 Å². The van der Waals surface area contributed by atoms with Gasteiger partial charge in [-0.3, -0.25) is 9.52 Å². The lowest BCUT2D eigenvalue weighted by Gasteiger charge is -2.11. The van der Waals surface area contributed by atoms with Crippen LogP contribution >= 0.6 is 0 Å². The van der Waals surface area contributed by atoms with Gasteiger partial charge in [0, 0.05) is 7.05 Å². The van der Waals surface area contributed by atoms with E-state index < -0.39 is 10.0 Å². The summed E-state index contributed by atoms with van der Waals surface area (Å²) < 4.78 is 24.8. The standard InChI is InChI=1S/C9H15N3O3S/c1-12-9(6-7-10-12)16(13,14)11-15-8-4-2-3-5-8/h6-8,11H,2-5H2,1H3. The third-order valence-corrected chi connectivity index (χ3v) is 3.94. The summed E-state index contributed by atoms with van der Waals surface area (Å²) in [4.78, 5) is 7.32. The van der Waals surface area contributed by atoms with Gasteiger partial charge in [0.05, 0.1) is 12.3 Å². The van der Waals surface area contributed by atoms with Crippen molar-refractivity contribution in [2.45, 2.75) is 36.8 Å². The number of aromatic nitrogens is 2. The minimum absolute atomic E-state index is 0.00278. The molecule has 1 N–H and O–H groups in total. The SMILES string of the molecule is Cn1nccc1S(=O)(=O)NOC1CCCC1. The minimum atomic E-state index is -3.61. The maximum Gasteiger partial charge on any atom is 0.279 e. The second kappa shape index (κ2) is 4.52. The van der Waals surface area contributed by atoms with Gasteiger partial charge in [0.25, 0.3) is 10.0 Å². The van der Waals surface area contributed by atoms with Crippen LogP contribution in [0.2, 0.25) is 0 Å². The first-order valence-corrected chi connectivity index (χ1v) is 6.73. The number of hydrogen-bond donors (Lipinski definition) is 1. The molecule has 1 heterocycles. The van der Waals surface area contributed by atoms with Gasteiger partial charge in [-0.25, -0.2) is 8.42 Å². The van der Waals surface area contributed by atoms with Crippen molar-refractivity contribution in [3.63, 3.8) is 0 Å². The Balaban J connectivity index is 2.00. The number of hydrogen-bond acceptors (Lipinski definition) is 4. The molecule has 0 radical (unpaired) electrons. The monoisotopic (exact) mass is 245 g/mol. The van der Waals surface area contributed by atoms with Gasteiger partial charge in [-0.15, -0.1) is 0 Å². The lowest BCUT2D eigenvalue weighted by atomic mass is 10.3. The predicted octanol–water partition coefficient (Wildman–Crippen LogP) is 0.573. The molecule has 2 rings (SSSR count). The fraction of sp³-hybridized carbons (Fsp3) is 0.667. The molecule has 90 valence electrons. The van der Waals surface area contributed by atoms with E-state index in [4.69, 9.17) is 4.84 Å². The van der Waals surface area contributed by atoms with Crippen molar-refractivity contribution in [1.82, 2.24) is 14.7 Å². The maximum atomic E-state index is 11.8. The van der Waals surface area contributed by atoms with Gasteiger partial charge in [0.2, 0.25) is 0 Å². The molecule has 0 atom stereocenters. The van der Waals surface area contributed by atoms with Gasteiger partial charge in [-0.1, -0.05) is 17.7 Å². The Morgan fingerprint density at radius 2 is 2.19 bits per heavy atom. The molecule has 0 bridgehead atoms. The van der Waals surface area contributed by atoms with Gasteiger partial charge in [-0.05, 0) is 18.9 Å². The Labute approximate surface area is 94.6 Å². The molecule has 0 amide bonds. The number of nitrogens with zero attached hydrogens (tertiary/aromatic N) is 2. The highest BCUT2D eigenvalue weighted by Crippen LogP contribution is 2.20. The van der Waals surface area contributed by atoms with Crippen LogP contribution in [-0.4, -0.2) is 24.3 Å². The van der Waals surface area contributed by atoms with Crippen molar-refractivity contribution in [3.8, 4) is 0 Å². The van der Waals surface area contributed by atoms with Crippen LogP contribution < -0.4 is 4.89 Å². The molecule has 6 nitrogen and oxygen atoms in total. The summed E-state index contributed by atoms with van der Waals surface area (Å²) in [5, 5.41) is 3.91. The molecule has 7 heteroatoms. The maximum absolute atomic E-state index is 11.8. The van der Waals surface area contributed by atoms with E-state index in [1.54, 1.807) is 7.05 Å². The van der Waals surface area contributed by atoms with E-state index in [-0.39, 0.29) is 11.1 Å². The second-order valence-electron chi connectivity index (χ2n) is 3.90. The largest absolute Gasteiger partial charge is 0.283 e. The second-order valence-corrected chi connectivity index (χ2v) is 5.50. The fourth-order valence-corrected chi connectivity index (χ4v) is 2.79. The highest BCUT2D eigenvalue weighted by Gasteiger charge is 2.22. The van der Waals surface area contributed by atoms with Crippen molar-refractivity contribution in [2.75, 3.05) is 0 Å². The number of aryl methyl sites for hydroxylation is 1. The van der Waals surface area contributed by atoms with Crippen LogP contribution in [0.1, 0.15) is 25.7 Å². The Hall–Kier alpha value is -0.920. The molecule has 0 aromatic carbocycles. The number of sulfonamides is 1. The van der Waals surface area contributed by atoms with E-state index >= 15 is 0 Å². The zero-order chi connectivity index (χ0) is 11.6. The zero-order valence-electron chi connectivity index (χ0n) is 9.09. The smallest absolute Gasteiger partial charge is 0.279 e. The van der Waals surface area contributed by atoms with Crippen LogP contribution in [0.5, 0.6) is 0 Å². The molecule has 0 aliphatic heterocycles. The predicted molar refractivity (Wildman–Crippen MR) is 56.9 cm³/mol. The Morgan fingerprint density at radius 3 is 2.75 bits per heavy atom. The van der Waals surface area contributed by atoms with E-state index in [0.29, 0.717) is 0 Å². The van der Waals surface area contributed by atoms with Gasteiger partial charge >= 0.3 is 0 Å². The van der Waals surface area contributed by atoms with Crippen LogP contribution in [0.25, 0.3) is 0 Å². The first kappa shape index (κ1) is 11.6. The lowest BCUT2D eigenvalue weighted by Crippen LogP contribution is -2.29. The van der Waals surface area contributed by atoms with E-state index in [1.165, 1.54) is 16.9 Å². The molecule has 1 aliphatic carbocycles. The molecule has 16 heavy (non-hydrogen) atoms. The van der Waals surface area contributed by atoms with E-state index in [9.17, 15) is 8.42 Å². The van der Waals surface area contributed by atoms with Crippen molar-refractivity contribution < 1.29 is 13.3 Å². The molecule has 1 aromatic heterocycles. The zero-order valence-corrected chi connectivity index (χ0v) is 9.90. The van der Waals surface area contributed by atoms with Gasteiger partial charge < -0.3 is 0 Å². The molecule has 1 aromatic rings. The van der Waals surface area contributed by atoms with Crippen molar-refractivity contribution in [2.24, 2.45) is 7.05 Å². The highest BCUT2D eigenvalue weighted by molar-refractivity contribution is 7.89. The van der Waals surface area contributed by atoms with Crippen LogP contribution in [0.15, 0.2) is 17.3 Å². The van der Waals surface area contributed by atoms with Gasteiger partial charge in [0.1, 0.15) is 0 Å². The molecule has 0 spiro atoms. The molecular weight excluding hydrogens is 230 g/mol. The van der Waals surface area contributed by atoms with E-state index in [1.807, 2.05) is 0 Å². The van der Waals surface area contributed by atoms with Crippen molar-refractivity contribution >= 4 is 10.0 Å². The first-order chi connectivity index (χ1) is 7.59. The fourth-order valence-electron chi connectivity index (χ4n) is 1.81. The summed E-state index contributed by atoms with van der Waals surface area (Å²) in [6.45, 7) is 0. The Morgan fingerprint density at radius 1 is 1.50 bits per heavy atom. The molecule has 0 unspecified atom stereocenters. The summed E-state index contributed by atoms with van der Waals surface area (Å²) in [5.74, 6) is 0. The Bertz CT molecular complexity index is 448. The van der Waals surface area contributed by atoms with Gasteiger partial charge in [-0.2, -0.15) is 5.10 Å². The summed E-state index contributed by atoms with van der Waals surface area (Å²) in [7, 11) is -2.03. The highest BCUT2D eigenvalue weighted by atomic mass is 32.2. The lowest BCUT2D eigenvalue weighted by molar-refractivity contribution is 0.0221. The Kier molecular flexibility index (Phi) is 3.27. The number of nitrogens with one attached hydrogen (secondary N) is 1. The summed E-state index contributed by atoms with van der Waals surface area (Å²) in [6, 6.07) is 1.43. The van der Waals surface area contributed by atoms with Crippen molar-refractivity contribution in [1.29, 1.82) is 0 Å². The van der Waals surface area contributed by atoms with E-state index in [0.717, 1.165) is 25.7 Å². The normalized spacial score (nSPS) is 18.1. The topological polar surface area (TPSA) is 73.2 Å². The van der Waals surface area contributed by atoms with Crippen LogP contribution in [-0.2, 0) is 21.9 Å². The number of rotatable bonds is 4. The molecule has 1 saturated carbocycles. The summed E-state index contributed by atoms with van der Waals surface area (Å²) in [6.07, 6.45) is 5.45.